The number of nitrogens with one attached hydrogen (secondary N) is 1. The number of amides is 1. The Morgan fingerprint density at radius 3 is 0.807 bits per heavy atom. The lowest BCUT2D eigenvalue weighted by molar-refractivity contribution is -0.143. The first-order valence-corrected chi connectivity index (χ1v) is 40.6. The lowest BCUT2D eigenvalue weighted by Crippen LogP contribution is -2.45. The van der Waals surface area contributed by atoms with Crippen molar-refractivity contribution in [2.75, 3.05) is 13.2 Å². The van der Waals surface area contributed by atoms with Crippen molar-refractivity contribution in [3.8, 4) is 0 Å². The zero-order valence-corrected chi connectivity index (χ0v) is 60.0. The molecule has 2 atom stereocenters. The molecule has 0 spiro atoms. The minimum absolute atomic E-state index is 0.0230. The average molecular weight is 1240 g/mol. The van der Waals surface area contributed by atoms with E-state index < -0.39 is 12.1 Å². The Morgan fingerprint density at radius 1 is 0.307 bits per heavy atom. The minimum Gasteiger partial charge on any atom is -0.466 e. The molecule has 0 saturated carbocycles. The molecule has 0 bridgehead atoms. The highest BCUT2D eigenvalue weighted by atomic mass is 16.5. The highest BCUT2D eigenvalue weighted by Gasteiger charge is 2.18. The minimum atomic E-state index is -0.841. The molecule has 0 aliphatic rings. The first-order chi connectivity index (χ1) is 43.5. The SMILES string of the molecule is CCCCCCCC/C=C\CCCCCCCCCCCC(=O)OCCCCCCCCCCCCCCCCCCCCCCCCCCCCCCCCCCCCCC(=O)NC(CO)C(O)/C=C/CCCCCCCCCCCCCCCCC. The van der Waals surface area contributed by atoms with Crippen LogP contribution >= 0.6 is 0 Å². The van der Waals surface area contributed by atoms with E-state index in [1.54, 1.807) is 6.08 Å². The quantitative estimate of drug-likeness (QED) is 0.0320. The first kappa shape index (κ1) is 86.3. The zero-order chi connectivity index (χ0) is 63.5. The summed E-state index contributed by atoms with van der Waals surface area (Å²) < 4.78 is 5.52. The summed E-state index contributed by atoms with van der Waals surface area (Å²) in [6.45, 7) is 4.95. The second kappa shape index (κ2) is 77.8. The van der Waals surface area contributed by atoms with E-state index in [1.165, 1.54) is 398 Å². The molecule has 0 aromatic carbocycles. The lowest BCUT2D eigenvalue weighted by atomic mass is 10.0. The monoisotopic (exact) mass is 1240 g/mol. The summed E-state index contributed by atoms with van der Waals surface area (Å²) in [7, 11) is 0. The van der Waals surface area contributed by atoms with Gasteiger partial charge in [-0.15, -0.1) is 0 Å². The van der Waals surface area contributed by atoms with Crippen LogP contribution in [0, 0.1) is 0 Å². The fraction of sp³-hybridized carbons (Fsp3) is 0.927. The summed E-state index contributed by atoms with van der Waals surface area (Å²) in [5.74, 6) is -0.0357. The van der Waals surface area contributed by atoms with Gasteiger partial charge in [-0.05, 0) is 57.8 Å². The molecule has 0 radical (unpaired) electrons. The van der Waals surface area contributed by atoms with Crippen LogP contribution in [0.3, 0.4) is 0 Å². The van der Waals surface area contributed by atoms with Gasteiger partial charge < -0.3 is 20.3 Å². The van der Waals surface area contributed by atoms with E-state index in [0.29, 0.717) is 19.4 Å². The molecule has 0 rings (SSSR count). The predicted molar refractivity (Wildman–Crippen MR) is 389 cm³/mol. The molecule has 6 heteroatoms. The third-order valence-corrected chi connectivity index (χ3v) is 19.2. The van der Waals surface area contributed by atoms with Crippen LogP contribution in [0.4, 0.5) is 0 Å². The molecular formula is C82H159NO5. The van der Waals surface area contributed by atoms with Crippen molar-refractivity contribution in [2.45, 2.75) is 475 Å². The maximum atomic E-state index is 12.5. The van der Waals surface area contributed by atoms with Gasteiger partial charge in [0.25, 0.3) is 0 Å². The Labute approximate surface area is 551 Å². The van der Waals surface area contributed by atoms with E-state index in [0.717, 1.165) is 38.5 Å². The largest absolute Gasteiger partial charge is 0.466 e. The summed E-state index contributed by atoms with van der Waals surface area (Å²) in [4.78, 5) is 24.7. The third-order valence-electron chi connectivity index (χ3n) is 19.2. The molecule has 88 heavy (non-hydrogen) atoms. The van der Waals surface area contributed by atoms with E-state index in [9.17, 15) is 19.8 Å². The first-order valence-electron chi connectivity index (χ1n) is 40.6. The van der Waals surface area contributed by atoms with Gasteiger partial charge in [0, 0.05) is 12.8 Å². The Hall–Kier alpha value is -1.66. The highest BCUT2D eigenvalue weighted by Crippen LogP contribution is 2.20. The Balaban J connectivity index is 3.31. The standard InChI is InChI=1S/C82H159NO5/c1-3-5-7-9-11-13-15-17-19-21-39-44-48-52-56-60-64-68-72-76-82(87)88-77-73-69-65-61-57-53-49-45-41-38-36-34-32-30-28-26-24-22-23-25-27-29-31-33-35-37-40-43-47-51-55-59-63-67-71-75-81(86)83-79(78-84)80(85)74-70-66-62-58-54-50-46-42-20-18-16-14-12-10-8-6-4-2/h17,19,70,74,79-80,84-85H,3-16,18,20-69,71-73,75-78H2,1-2H3,(H,83,86)/b19-17-,74-70+. The number of rotatable bonds is 77. The Kier molecular flexibility index (Phi) is 76.3. The van der Waals surface area contributed by atoms with Gasteiger partial charge in [0.1, 0.15) is 0 Å². The van der Waals surface area contributed by atoms with Gasteiger partial charge in [0.15, 0.2) is 0 Å². The number of hydrogen-bond acceptors (Lipinski definition) is 5. The van der Waals surface area contributed by atoms with Gasteiger partial charge in [-0.3, -0.25) is 9.59 Å². The van der Waals surface area contributed by atoms with Gasteiger partial charge in [0.05, 0.1) is 25.4 Å². The van der Waals surface area contributed by atoms with Crippen LogP contribution in [-0.4, -0.2) is 47.4 Å². The van der Waals surface area contributed by atoms with Crippen molar-refractivity contribution in [3.05, 3.63) is 24.3 Å². The van der Waals surface area contributed by atoms with Gasteiger partial charge in [0.2, 0.25) is 5.91 Å². The normalized spacial score (nSPS) is 12.5. The maximum absolute atomic E-state index is 12.5. The van der Waals surface area contributed by atoms with E-state index in [1.807, 2.05) is 6.08 Å². The summed E-state index contributed by atoms with van der Waals surface area (Å²) in [5, 5.41) is 23.2. The molecule has 0 aromatic rings. The molecule has 2 unspecified atom stereocenters. The van der Waals surface area contributed by atoms with Crippen LogP contribution in [-0.2, 0) is 14.3 Å². The lowest BCUT2D eigenvalue weighted by Gasteiger charge is -2.20. The number of ether oxygens (including phenoxy) is 1. The van der Waals surface area contributed by atoms with Crippen LogP contribution < -0.4 is 5.32 Å². The van der Waals surface area contributed by atoms with Crippen molar-refractivity contribution in [1.29, 1.82) is 0 Å². The van der Waals surface area contributed by atoms with Crippen LogP contribution in [0.25, 0.3) is 0 Å². The van der Waals surface area contributed by atoms with Crippen LogP contribution in [0.2, 0.25) is 0 Å². The summed E-state index contributed by atoms with van der Waals surface area (Å²) in [5.41, 5.74) is 0. The zero-order valence-electron chi connectivity index (χ0n) is 60.0. The molecule has 0 aliphatic carbocycles. The summed E-state index contributed by atoms with van der Waals surface area (Å²) >= 11 is 0. The van der Waals surface area contributed by atoms with E-state index in [2.05, 4.69) is 31.3 Å². The van der Waals surface area contributed by atoms with Gasteiger partial charge >= 0.3 is 5.97 Å². The second-order valence-corrected chi connectivity index (χ2v) is 28.1. The van der Waals surface area contributed by atoms with Crippen molar-refractivity contribution in [3.63, 3.8) is 0 Å². The maximum Gasteiger partial charge on any atom is 0.305 e. The molecule has 1 amide bonds. The number of carbonyl (C=O) groups excluding carboxylic acids is 2. The molecule has 522 valence electrons. The number of hydrogen-bond donors (Lipinski definition) is 3. The predicted octanol–water partition coefficient (Wildman–Crippen LogP) is 26.8. The Morgan fingerprint density at radius 2 is 0.534 bits per heavy atom. The van der Waals surface area contributed by atoms with Gasteiger partial charge in [-0.2, -0.15) is 0 Å². The summed E-state index contributed by atoms with van der Waals surface area (Å²) in [6.07, 6.45) is 100. The van der Waals surface area contributed by atoms with Gasteiger partial charge in [-0.1, -0.05) is 417 Å². The average Bonchev–Trinajstić information content (AvgIpc) is 3.58. The number of aliphatic hydroxyl groups excluding tert-OH is 2. The molecular weight excluding hydrogens is 1080 g/mol. The smallest absolute Gasteiger partial charge is 0.305 e. The number of unbranched alkanes of at least 4 members (excludes halogenated alkanes) is 64. The summed E-state index contributed by atoms with van der Waals surface area (Å²) in [6, 6.07) is -0.624. The highest BCUT2D eigenvalue weighted by molar-refractivity contribution is 5.76. The molecule has 0 fully saturated rings. The fourth-order valence-corrected chi connectivity index (χ4v) is 13.0. The van der Waals surface area contributed by atoms with Crippen LogP contribution in [0.15, 0.2) is 24.3 Å². The molecule has 0 saturated heterocycles. The fourth-order valence-electron chi connectivity index (χ4n) is 13.0. The third kappa shape index (κ3) is 73.4. The molecule has 0 aromatic heterocycles. The van der Waals surface area contributed by atoms with Crippen molar-refractivity contribution < 1.29 is 24.5 Å². The molecule has 0 aliphatic heterocycles. The van der Waals surface area contributed by atoms with E-state index in [-0.39, 0.29) is 18.5 Å². The number of esters is 1. The van der Waals surface area contributed by atoms with E-state index in [4.69, 9.17) is 4.74 Å². The number of carbonyl (C=O) groups is 2. The van der Waals surface area contributed by atoms with E-state index >= 15 is 0 Å². The van der Waals surface area contributed by atoms with Crippen molar-refractivity contribution in [1.82, 2.24) is 5.32 Å². The molecule has 0 heterocycles. The number of aliphatic hydroxyl groups is 2. The van der Waals surface area contributed by atoms with Crippen molar-refractivity contribution >= 4 is 11.9 Å². The van der Waals surface area contributed by atoms with Crippen LogP contribution in [0.1, 0.15) is 463 Å². The second-order valence-electron chi connectivity index (χ2n) is 28.1. The molecule has 3 N–H and O–H groups in total. The Bertz CT molecular complexity index is 1380. The topological polar surface area (TPSA) is 95.9 Å². The molecule has 6 nitrogen and oxygen atoms in total. The number of allylic oxidation sites excluding steroid dienone is 3. The van der Waals surface area contributed by atoms with Crippen molar-refractivity contribution in [2.24, 2.45) is 0 Å². The van der Waals surface area contributed by atoms with Gasteiger partial charge in [-0.25, -0.2) is 0 Å². The van der Waals surface area contributed by atoms with Crippen LogP contribution in [0.5, 0.6) is 0 Å².